The lowest BCUT2D eigenvalue weighted by Crippen LogP contribution is -2.02. The summed E-state index contributed by atoms with van der Waals surface area (Å²) in [6.07, 6.45) is 0.873. The summed E-state index contributed by atoms with van der Waals surface area (Å²) in [6.45, 7) is 0.262. The van der Waals surface area contributed by atoms with Crippen molar-refractivity contribution in [2.45, 2.75) is 12.8 Å². The molecule has 0 atom stereocenters. The molecule has 0 amide bonds. The molecule has 18 heavy (non-hydrogen) atoms. The smallest absolute Gasteiger partial charge is 0.232 e. The molecular formula is C11H11ClFNO3S. The minimum Gasteiger partial charge on any atom is -0.493 e. The zero-order valence-electron chi connectivity index (χ0n) is 9.40. The molecule has 98 valence electrons. The first kappa shape index (κ1) is 14.7. The van der Waals surface area contributed by atoms with Crippen molar-refractivity contribution in [1.29, 1.82) is 5.26 Å². The Morgan fingerprint density at radius 1 is 1.39 bits per heavy atom. The molecule has 0 heterocycles. The summed E-state index contributed by atoms with van der Waals surface area (Å²) in [7, 11) is 1.57. The highest BCUT2D eigenvalue weighted by Gasteiger charge is 2.05. The fourth-order valence-corrected chi connectivity index (χ4v) is 2.12. The molecule has 0 radical (unpaired) electrons. The Kier molecular flexibility index (Phi) is 5.38. The van der Waals surface area contributed by atoms with Gasteiger partial charge in [0, 0.05) is 16.7 Å². The summed E-state index contributed by atoms with van der Waals surface area (Å²) in [5.41, 5.74) is -0.0458. The van der Waals surface area contributed by atoms with Crippen LogP contribution in [-0.2, 0) is 9.05 Å². The Morgan fingerprint density at radius 3 is 2.67 bits per heavy atom. The van der Waals surface area contributed by atoms with E-state index in [9.17, 15) is 12.8 Å². The highest BCUT2D eigenvalue weighted by molar-refractivity contribution is 8.13. The van der Waals surface area contributed by atoms with Crippen molar-refractivity contribution in [3.63, 3.8) is 0 Å². The third kappa shape index (κ3) is 5.34. The van der Waals surface area contributed by atoms with E-state index in [0.29, 0.717) is 18.6 Å². The lowest BCUT2D eigenvalue weighted by molar-refractivity contribution is 0.308. The summed E-state index contributed by atoms with van der Waals surface area (Å²) in [5.74, 6) is -0.446. The Labute approximate surface area is 109 Å². The standard InChI is InChI=1S/C11H11ClFNO3S/c12-18(15,16)6-2-1-5-17-10-4-3-9(8-14)11(13)7-10/h3-4,7H,1-2,5-6H2. The molecule has 0 fully saturated rings. The van der Waals surface area contributed by atoms with E-state index >= 15 is 0 Å². The average Bonchev–Trinajstić information content (AvgIpc) is 2.27. The maximum absolute atomic E-state index is 13.2. The number of nitriles is 1. The number of nitrogens with zero attached hydrogens (tertiary/aromatic N) is 1. The predicted molar refractivity (Wildman–Crippen MR) is 65.5 cm³/mol. The van der Waals surface area contributed by atoms with Crippen molar-refractivity contribution in [3.05, 3.63) is 29.6 Å². The van der Waals surface area contributed by atoms with Gasteiger partial charge in [0.15, 0.2) is 0 Å². The van der Waals surface area contributed by atoms with Gasteiger partial charge in [0.05, 0.1) is 17.9 Å². The highest BCUT2D eigenvalue weighted by atomic mass is 35.7. The predicted octanol–water partition coefficient (Wildman–Crippen LogP) is 2.42. The average molecular weight is 292 g/mol. The monoisotopic (exact) mass is 291 g/mol. The van der Waals surface area contributed by atoms with Crippen LogP contribution in [0.5, 0.6) is 5.75 Å². The maximum Gasteiger partial charge on any atom is 0.232 e. The third-order valence-corrected chi connectivity index (χ3v) is 3.35. The van der Waals surface area contributed by atoms with E-state index in [1.165, 1.54) is 12.1 Å². The summed E-state index contributed by atoms with van der Waals surface area (Å²) >= 11 is 0. The molecule has 0 saturated heterocycles. The molecule has 0 bridgehead atoms. The van der Waals surface area contributed by atoms with Gasteiger partial charge in [0.2, 0.25) is 9.05 Å². The van der Waals surface area contributed by atoms with Crippen LogP contribution in [-0.4, -0.2) is 20.8 Å². The van der Waals surface area contributed by atoms with Gasteiger partial charge in [0.25, 0.3) is 0 Å². The van der Waals surface area contributed by atoms with Crippen LogP contribution in [0.3, 0.4) is 0 Å². The molecule has 0 N–H and O–H groups in total. The molecule has 1 aromatic carbocycles. The first-order valence-electron chi connectivity index (χ1n) is 5.17. The largest absolute Gasteiger partial charge is 0.493 e. The van der Waals surface area contributed by atoms with Crippen LogP contribution in [0.2, 0.25) is 0 Å². The molecule has 0 saturated carbocycles. The van der Waals surface area contributed by atoms with E-state index in [4.69, 9.17) is 20.7 Å². The second-order valence-electron chi connectivity index (χ2n) is 3.55. The Hall–Kier alpha value is -1.32. The highest BCUT2D eigenvalue weighted by Crippen LogP contribution is 2.16. The fourth-order valence-electron chi connectivity index (χ4n) is 1.24. The van der Waals surface area contributed by atoms with Crippen LogP contribution in [0.4, 0.5) is 4.39 Å². The van der Waals surface area contributed by atoms with Crippen molar-refractivity contribution in [3.8, 4) is 11.8 Å². The zero-order chi connectivity index (χ0) is 13.6. The van der Waals surface area contributed by atoms with Gasteiger partial charge in [0.1, 0.15) is 17.6 Å². The molecule has 1 aromatic rings. The minimum absolute atomic E-state index is 0.0458. The van der Waals surface area contributed by atoms with E-state index in [2.05, 4.69) is 0 Å². The van der Waals surface area contributed by atoms with Crippen molar-refractivity contribution >= 4 is 19.7 Å². The van der Waals surface area contributed by atoms with Crippen LogP contribution in [0.15, 0.2) is 18.2 Å². The number of rotatable bonds is 6. The number of hydrogen-bond donors (Lipinski definition) is 0. The van der Waals surface area contributed by atoms with Crippen LogP contribution < -0.4 is 4.74 Å². The van der Waals surface area contributed by atoms with Gasteiger partial charge in [-0.25, -0.2) is 12.8 Å². The van der Waals surface area contributed by atoms with Gasteiger partial charge in [-0.3, -0.25) is 0 Å². The topological polar surface area (TPSA) is 67.2 Å². The van der Waals surface area contributed by atoms with E-state index in [-0.39, 0.29) is 17.9 Å². The van der Waals surface area contributed by atoms with Gasteiger partial charge < -0.3 is 4.74 Å². The molecule has 0 aliphatic rings. The first-order valence-corrected chi connectivity index (χ1v) is 7.65. The van der Waals surface area contributed by atoms with Crippen molar-refractivity contribution < 1.29 is 17.5 Å². The van der Waals surface area contributed by atoms with Gasteiger partial charge in [-0.05, 0) is 25.0 Å². The molecule has 0 unspecified atom stereocenters. The van der Waals surface area contributed by atoms with Crippen LogP contribution in [0.25, 0.3) is 0 Å². The third-order valence-electron chi connectivity index (χ3n) is 2.11. The fraction of sp³-hybridized carbons (Fsp3) is 0.364. The number of halogens is 2. The van der Waals surface area contributed by atoms with Crippen molar-refractivity contribution in [1.82, 2.24) is 0 Å². The van der Waals surface area contributed by atoms with Crippen molar-refractivity contribution in [2.75, 3.05) is 12.4 Å². The van der Waals surface area contributed by atoms with Gasteiger partial charge in [-0.15, -0.1) is 0 Å². The van der Waals surface area contributed by atoms with E-state index in [1.807, 2.05) is 0 Å². The maximum atomic E-state index is 13.2. The van der Waals surface area contributed by atoms with Crippen LogP contribution in [0, 0.1) is 17.1 Å². The first-order chi connectivity index (χ1) is 8.42. The summed E-state index contributed by atoms with van der Waals surface area (Å²) in [4.78, 5) is 0. The van der Waals surface area contributed by atoms with E-state index < -0.39 is 14.9 Å². The minimum atomic E-state index is -3.46. The zero-order valence-corrected chi connectivity index (χ0v) is 11.0. The van der Waals surface area contributed by atoms with E-state index in [1.54, 1.807) is 6.07 Å². The summed E-state index contributed by atoms with van der Waals surface area (Å²) in [6, 6.07) is 5.64. The van der Waals surface area contributed by atoms with Gasteiger partial charge in [-0.2, -0.15) is 5.26 Å². The van der Waals surface area contributed by atoms with Gasteiger partial charge >= 0.3 is 0 Å². The Morgan fingerprint density at radius 2 is 2.11 bits per heavy atom. The second kappa shape index (κ2) is 6.57. The molecule has 4 nitrogen and oxygen atoms in total. The van der Waals surface area contributed by atoms with Gasteiger partial charge in [-0.1, -0.05) is 0 Å². The van der Waals surface area contributed by atoms with Crippen LogP contribution >= 0.6 is 10.7 Å². The Balaban J connectivity index is 2.37. The van der Waals surface area contributed by atoms with Crippen molar-refractivity contribution in [2.24, 2.45) is 0 Å². The summed E-state index contributed by atoms with van der Waals surface area (Å²) < 4.78 is 39.6. The van der Waals surface area contributed by atoms with E-state index in [0.717, 1.165) is 6.07 Å². The quantitative estimate of drug-likeness (QED) is 0.596. The number of hydrogen-bond acceptors (Lipinski definition) is 4. The lowest BCUT2D eigenvalue weighted by Gasteiger charge is -2.05. The van der Waals surface area contributed by atoms with Crippen LogP contribution in [0.1, 0.15) is 18.4 Å². The molecule has 0 aromatic heterocycles. The lowest BCUT2D eigenvalue weighted by atomic mass is 10.2. The molecular weight excluding hydrogens is 281 g/mol. The number of benzene rings is 1. The molecule has 7 heteroatoms. The number of ether oxygens (including phenoxy) is 1. The molecule has 0 spiro atoms. The number of unbranched alkanes of at least 4 members (excludes halogenated alkanes) is 1. The SMILES string of the molecule is N#Cc1ccc(OCCCCS(=O)(=O)Cl)cc1F. The molecule has 0 aliphatic carbocycles. The Bertz CT molecular complexity index is 554. The normalized spacial score (nSPS) is 10.9. The summed E-state index contributed by atoms with van der Waals surface area (Å²) in [5, 5.41) is 8.53. The second-order valence-corrected chi connectivity index (χ2v) is 6.45. The molecule has 0 aliphatic heterocycles. The molecule has 1 rings (SSSR count).